The van der Waals surface area contributed by atoms with E-state index in [1.54, 1.807) is 6.07 Å². The van der Waals surface area contributed by atoms with Gasteiger partial charge in [0.1, 0.15) is 18.0 Å². The summed E-state index contributed by atoms with van der Waals surface area (Å²) in [6.45, 7) is 2.07. The average molecular weight is 392 g/mol. The molecule has 0 radical (unpaired) electrons. The van der Waals surface area contributed by atoms with Gasteiger partial charge in [-0.15, -0.1) is 0 Å². The normalized spacial score (nSPS) is 14.8. The monoisotopic (exact) mass is 391 g/mol. The second kappa shape index (κ2) is 7.56. The van der Waals surface area contributed by atoms with Gasteiger partial charge in [0.15, 0.2) is 0 Å². The van der Waals surface area contributed by atoms with Crippen LogP contribution in [0, 0.1) is 5.82 Å². The highest BCUT2D eigenvalue weighted by molar-refractivity contribution is 6.33. The molecule has 0 fully saturated rings. The van der Waals surface area contributed by atoms with Gasteiger partial charge in [-0.25, -0.2) is 14.4 Å². The van der Waals surface area contributed by atoms with Gasteiger partial charge in [0.2, 0.25) is 0 Å². The van der Waals surface area contributed by atoms with Crippen LogP contribution in [-0.2, 0) is 0 Å². The zero-order chi connectivity index (χ0) is 19.7. The number of halogens is 2. The Balaban J connectivity index is 1.97. The van der Waals surface area contributed by atoms with Crippen LogP contribution in [0.2, 0.25) is 5.02 Å². The SMILES string of the molecule is CC1=C(c2cccc(F)c2Cl)C(c2ccc3ncnc(N)c3c2)=CC=CCC1. The van der Waals surface area contributed by atoms with Crippen LogP contribution >= 0.6 is 11.6 Å². The largest absolute Gasteiger partial charge is 0.383 e. The highest BCUT2D eigenvalue weighted by Crippen LogP contribution is 2.40. The fraction of sp³-hybridized carbons (Fsp3) is 0.130. The minimum Gasteiger partial charge on any atom is -0.383 e. The van der Waals surface area contributed by atoms with Gasteiger partial charge in [-0.2, -0.15) is 0 Å². The van der Waals surface area contributed by atoms with E-state index < -0.39 is 5.82 Å². The fourth-order valence-corrected chi connectivity index (χ4v) is 3.78. The molecule has 0 amide bonds. The van der Waals surface area contributed by atoms with Crippen LogP contribution in [0.4, 0.5) is 10.2 Å². The predicted octanol–water partition coefficient (Wildman–Crippen LogP) is 6.21. The first kappa shape index (κ1) is 18.4. The second-order valence-electron chi connectivity index (χ2n) is 6.79. The van der Waals surface area contributed by atoms with Crippen molar-refractivity contribution >= 4 is 39.5 Å². The molecule has 4 rings (SSSR count). The number of hydrogen-bond donors (Lipinski definition) is 1. The number of benzene rings is 2. The molecule has 1 aliphatic rings. The van der Waals surface area contributed by atoms with Gasteiger partial charge in [-0.1, -0.05) is 53.6 Å². The first-order valence-electron chi connectivity index (χ1n) is 9.08. The summed E-state index contributed by atoms with van der Waals surface area (Å²) in [4.78, 5) is 8.37. The van der Waals surface area contributed by atoms with E-state index in [0.29, 0.717) is 11.4 Å². The maximum absolute atomic E-state index is 14.2. The number of nitrogen functional groups attached to an aromatic ring is 1. The molecular formula is C23H19ClFN3. The summed E-state index contributed by atoms with van der Waals surface area (Å²) in [5.74, 6) is 0.00690. The van der Waals surface area contributed by atoms with E-state index >= 15 is 0 Å². The topological polar surface area (TPSA) is 51.8 Å². The Morgan fingerprint density at radius 3 is 2.86 bits per heavy atom. The Labute approximate surface area is 168 Å². The first-order valence-corrected chi connectivity index (χ1v) is 9.46. The van der Waals surface area contributed by atoms with Crippen molar-refractivity contribution in [2.45, 2.75) is 19.8 Å². The summed E-state index contributed by atoms with van der Waals surface area (Å²) < 4.78 is 14.2. The summed E-state index contributed by atoms with van der Waals surface area (Å²) in [7, 11) is 0. The molecule has 3 nitrogen and oxygen atoms in total. The fourth-order valence-electron chi connectivity index (χ4n) is 3.56. The Hall–Kier alpha value is -2.98. The number of allylic oxidation sites excluding steroid dienone is 6. The summed E-state index contributed by atoms with van der Waals surface area (Å²) in [5, 5.41) is 0.922. The van der Waals surface area contributed by atoms with Gasteiger partial charge in [0.25, 0.3) is 0 Å². The maximum Gasteiger partial charge on any atom is 0.142 e. The molecule has 0 aliphatic heterocycles. The molecule has 3 aromatic rings. The van der Waals surface area contributed by atoms with Gasteiger partial charge < -0.3 is 5.73 Å². The van der Waals surface area contributed by atoms with Gasteiger partial charge in [-0.3, -0.25) is 0 Å². The lowest BCUT2D eigenvalue weighted by Gasteiger charge is -2.20. The second-order valence-corrected chi connectivity index (χ2v) is 7.17. The molecule has 5 heteroatoms. The number of nitrogens with zero attached hydrogens (tertiary/aromatic N) is 2. The first-order chi connectivity index (χ1) is 13.6. The predicted molar refractivity (Wildman–Crippen MR) is 114 cm³/mol. The quantitative estimate of drug-likeness (QED) is 0.564. The third kappa shape index (κ3) is 3.32. The zero-order valence-electron chi connectivity index (χ0n) is 15.4. The van der Waals surface area contributed by atoms with E-state index in [1.165, 1.54) is 12.4 Å². The lowest BCUT2D eigenvalue weighted by molar-refractivity contribution is 0.628. The Kier molecular flexibility index (Phi) is 4.97. The minimum absolute atomic E-state index is 0.135. The van der Waals surface area contributed by atoms with Crippen molar-refractivity contribution in [3.63, 3.8) is 0 Å². The number of aromatic nitrogens is 2. The number of anilines is 1. The van der Waals surface area contributed by atoms with Crippen molar-refractivity contribution in [3.05, 3.63) is 88.5 Å². The van der Waals surface area contributed by atoms with E-state index in [-0.39, 0.29) is 5.02 Å². The standard InChI is InChI=1S/C23H19ClFN3/c1-14-6-3-2-4-7-16(21(14)17-8-5-9-19(25)22(17)24)15-10-11-20-18(12-15)23(26)28-13-27-20/h2,4-5,7-13H,3,6H2,1H3,(H2,26,27,28). The Morgan fingerprint density at radius 2 is 2.00 bits per heavy atom. The van der Waals surface area contributed by atoms with E-state index in [1.807, 2.05) is 36.4 Å². The zero-order valence-corrected chi connectivity index (χ0v) is 16.2. The van der Waals surface area contributed by atoms with Crippen molar-refractivity contribution in [1.29, 1.82) is 0 Å². The molecule has 0 unspecified atom stereocenters. The minimum atomic E-state index is -0.424. The average Bonchev–Trinajstić information content (AvgIpc) is 2.68. The van der Waals surface area contributed by atoms with Gasteiger partial charge in [-0.05, 0) is 54.7 Å². The molecule has 0 bridgehead atoms. The highest BCUT2D eigenvalue weighted by Gasteiger charge is 2.19. The number of hydrogen-bond acceptors (Lipinski definition) is 3. The van der Waals surface area contributed by atoms with Crippen LogP contribution in [0.15, 0.2) is 66.5 Å². The molecule has 2 N–H and O–H groups in total. The smallest absolute Gasteiger partial charge is 0.142 e. The van der Waals surface area contributed by atoms with Crippen molar-refractivity contribution < 1.29 is 4.39 Å². The maximum atomic E-state index is 14.2. The van der Waals surface area contributed by atoms with Crippen LogP contribution in [-0.4, -0.2) is 9.97 Å². The summed E-state index contributed by atoms with van der Waals surface area (Å²) >= 11 is 6.36. The van der Waals surface area contributed by atoms with Crippen molar-refractivity contribution in [1.82, 2.24) is 9.97 Å². The molecule has 1 aromatic heterocycles. The van der Waals surface area contributed by atoms with Crippen LogP contribution in [0.5, 0.6) is 0 Å². The van der Waals surface area contributed by atoms with Crippen LogP contribution in [0.1, 0.15) is 30.9 Å². The molecule has 28 heavy (non-hydrogen) atoms. The lowest BCUT2D eigenvalue weighted by atomic mass is 9.86. The molecule has 1 heterocycles. The molecule has 0 spiro atoms. The van der Waals surface area contributed by atoms with Crippen molar-refractivity contribution in [2.24, 2.45) is 0 Å². The Morgan fingerprint density at radius 1 is 1.14 bits per heavy atom. The van der Waals surface area contributed by atoms with Crippen LogP contribution < -0.4 is 5.73 Å². The number of fused-ring (bicyclic) bond motifs is 1. The Bertz CT molecular complexity index is 1160. The molecule has 140 valence electrons. The summed E-state index contributed by atoms with van der Waals surface area (Å²) in [6.07, 6.45) is 9.45. The van der Waals surface area contributed by atoms with E-state index in [2.05, 4.69) is 23.0 Å². The molecule has 0 saturated carbocycles. The summed E-state index contributed by atoms with van der Waals surface area (Å²) in [5.41, 5.74) is 11.6. The van der Waals surface area contributed by atoms with Crippen LogP contribution in [0.25, 0.3) is 22.0 Å². The highest BCUT2D eigenvalue weighted by atomic mass is 35.5. The van der Waals surface area contributed by atoms with E-state index in [0.717, 1.165) is 46.0 Å². The molecule has 2 aromatic carbocycles. The molecule has 0 saturated heterocycles. The third-order valence-electron chi connectivity index (χ3n) is 4.98. The number of rotatable bonds is 2. The van der Waals surface area contributed by atoms with Crippen molar-refractivity contribution in [2.75, 3.05) is 5.73 Å². The van der Waals surface area contributed by atoms with Crippen LogP contribution in [0.3, 0.4) is 0 Å². The third-order valence-corrected chi connectivity index (χ3v) is 5.36. The summed E-state index contributed by atoms with van der Waals surface area (Å²) in [6, 6.07) is 10.8. The molecule has 0 atom stereocenters. The molecular weight excluding hydrogens is 373 g/mol. The van der Waals surface area contributed by atoms with E-state index in [9.17, 15) is 4.39 Å². The molecule has 1 aliphatic carbocycles. The lowest BCUT2D eigenvalue weighted by Crippen LogP contribution is -1.99. The van der Waals surface area contributed by atoms with Gasteiger partial charge in [0, 0.05) is 10.9 Å². The van der Waals surface area contributed by atoms with Crippen molar-refractivity contribution in [3.8, 4) is 0 Å². The van der Waals surface area contributed by atoms with Gasteiger partial charge >= 0.3 is 0 Å². The van der Waals surface area contributed by atoms with E-state index in [4.69, 9.17) is 17.3 Å². The van der Waals surface area contributed by atoms with Gasteiger partial charge in [0.05, 0.1) is 10.5 Å². The number of nitrogens with two attached hydrogens (primary N) is 1.